The second-order valence-corrected chi connectivity index (χ2v) is 4.47. The number of rotatable bonds is 5. The van der Waals surface area contributed by atoms with Crippen molar-refractivity contribution in [1.29, 1.82) is 0 Å². The van der Waals surface area contributed by atoms with E-state index in [1.807, 2.05) is 13.1 Å². The third kappa shape index (κ3) is 3.51. The van der Waals surface area contributed by atoms with Gasteiger partial charge in [0, 0.05) is 24.4 Å². The van der Waals surface area contributed by atoms with E-state index in [1.165, 1.54) is 12.1 Å². The molecular weight excluding hydrogens is 277 g/mol. The highest BCUT2D eigenvalue weighted by Crippen LogP contribution is 2.28. The molecule has 0 bridgehead atoms. The van der Waals surface area contributed by atoms with Gasteiger partial charge in [-0.1, -0.05) is 0 Å². The minimum Gasteiger partial charge on any atom is -0.436 e. The maximum Gasteiger partial charge on any atom is 0.272 e. The number of aromatic nitrogens is 1. The van der Waals surface area contributed by atoms with E-state index in [0.717, 1.165) is 17.2 Å². The molecule has 0 atom stereocenters. The van der Waals surface area contributed by atoms with Gasteiger partial charge in [0.25, 0.3) is 5.69 Å². The second-order valence-electron chi connectivity index (χ2n) is 4.47. The lowest BCUT2D eigenvalue weighted by Gasteiger charge is -2.09. The molecule has 21 heavy (non-hydrogen) atoms. The van der Waals surface area contributed by atoms with Crippen LogP contribution in [0.3, 0.4) is 0 Å². The zero-order valence-electron chi connectivity index (χ0n) is 11.6. The van der Waals surface area contributed by atoms with Crippen LogP contribution in [0, 0.1) is 22.9 Å². The highest BCUT2D eigenvalue weighted by atomic mass is 19.1. The Labute approximate surface area is 120 Å². The molecule has 0 aliphatic carbocycles. The molecule has 1 heterocycles. The molecule has 0 saturated heterocycles. The van der Waals surface area contributed by atoms with E-state index in [4.69, 9.17) is 4.74 Å². The predicted molar refractivity (Wildman–Crippen MR) is 74.9 cm³/mol. The van der Waals surface area contributed by atoms with Gasteiger partial charge in [-0.05, 0) is 31.7 Å². The highest BCUT2D eigenvalue weighted by Gasteiger charge is 2.13. The largest absolute Gasteiger partial charge is 0.436 e. The SMILES string of the molecule is CNCc1cnc(Oc2ccc([N+](=O)[O-])cc2F)c(C)c1. The first-order valence-electron chi connectivity index (χ1n) is 6.23. The first-order chi connectivity index (χ1) is 10.0. The van der Waals surface area contributed by atoms with E-state index in [1.54, 1.807) is 13.1 Å². The average Bonchev–Trinajstić information content (AvgIpc) is 2.43. The average molecular weight is 291 g/mol. The van der Waals surface area contributed by atoms with Gasteiger partial charge in [0.15, 0.2) is 11.6 Å². The molecular formula is C14H14FN3O3. The molecule has 0 unspecified atom stereocenters. The molecule has 6 nitrogen and oxygen atoms in total. The number of nitrogens with zero attached hydrogens (tertiary/aromatic N) is 2. The number of halogens is 1. The van der Waals surface area contributed by atoms with E-state index >= 15 is 0 Å². The minimum absolute atomic E-state index is 0.0995. The van der Waals surface area contributed by atoms with Gasteiger partial charge in [-0.2, -0.15) is 0 Å². The number of nitro groups is 1. The van der Waals surface area contributed by atoms with Crippen LogP contribution in [0.2, 0.25) is 0 Å². The summed E-state index contributed by atoms with van der Waals surface area (Å²) in [6.45, 7) is 2.46. The van der Waals surface area contributed by atoms with Crippen molar-refractivity contribution in [3.8, 4) is 11.6 Å². The van der Waals surface area contributed by atoms with E-state index in [-0.39, 0.29) is 17.3 Å². The molecule has 0 aliphatic heterocycles. The fourth-order valence-electron chi connectivity index (χ4n) is 1.82. The number of benzene rings is 1. The maximum absolute atomic E-state index is 13.8. The van der Waals surface area contributed by atoms with Crippen LogP contribution in [0.5, 0.6) is 11.6 Å². The highest BCUT2D eigenvalue weighted by molar-refractivity contribution is 5.40. The number of non-ortho nitro benzene ring substituents is 1. The number of hydrogen-bond donors (Lipinski definition) is 1. The van der Waals surface area contributed by atoms with Crippen LogP contribution >= 0.6 is 0 Å². The fraction of sp³-hybridized carbons (Fsp3) is 0.214. The maximum atomic E-state index is 13.8. The first-order valence-corrected chi connectivity index (χ1v) is 6.23. The summed E-state index contributed by atoms with van der Waals surface area (Å²) >= 11 is 0. The van der Waals surface area contributed by atoms with Crippen LogP contribution in [0.15, 0.2) is 30.5 Å². The third-order valence-corrected chi connectivity index (χ3v) is 2.80. The number of nitro benzene ring substituents is 1. The number of ether oxygens (including phenoxy) is 1. The Morgan fingerprint density at radius 3 is 2.76 bits per heavy atom. The van der Waals surface area contributed by atoms with Crippen molar-refractivity contribution in [3.05, 3.63) is 57.5 Å². The number of pyridine rings is 1. The summed E-state index contributed by atoms with van der Waals surface area (Å²) in [5.74, 6) is -0.634. The summed E-state index contributed by atoms with van der Waals surface area (Å²) in [5.41, 5.74) is 1.40. The molecule has 0 fully saturated rings. The molecule has 1 aromatic heterocycles. The lowest BCUT2D eigenvalue weighted by Crippen LogP contribution is -2.06. The number of nitrogens with one attached hydrogen (secondary N) is 1. The lowest BCUT2D eigenvalue weighted by molar-refractivity contribution is -0.385. The van der Waals surface area contributed by atoms with Crippen molar-refractivity contribution in [1.82, 2.24) is 10.3 Å². The van der Waals surface area contributed by atoms with Gasteiger partial charge in [0.05, 0.1) is 11.0 Å². The number of aryl methyl sites for hydroxylation is 1. The van der Waals surface area contributed by atoms with Gasteiger partial charge >= 0.3 is 0 Å². The Morgan fingerprint density at radius 1 is 1.43 bits per heavy atom. The summed E-state index contributed by atoms with van der Waals surface area (Å²) in [5, 5.41) is 13.6. The Hall–Kier alpha value is -2.54. The van der Waals surface area contributed by atoms with Gasteiger partial charge in [-0.3, -0.25) is 10.1 Å². The van der Waals surface area contributed by atoms with Crippen molar-refractivity contribution < 1.29 is 14.1 Å². The van der Waals surface area contributed by atoms with E-state index < -0.39 is 10.7 Å². The minimum atomic E-state index is -0.801. The van der Waals surface area contributed by atoms with E-state index in [0.29, 0.717) is 6.54 Å². The van der Waals surface area contributed by atoms with Crippen molar-refractivity contribution in [3.63, 3.8) is 0 Å². The second kappa shape index (κ2) is 6.27. The van der Waals surface area contributed by atoms with E-state index in [9.17, 15) is 14.5 Å². The van der Waals surface area contributed by atoms with Crippen LogP contribution in [0.4, 0.5) is 10.1 Å². The summed E-state index contributed by atoms with van der Waals surface area (Å²) in [4.78, 5) is 14.0. The first kappa shape index (κ1) is 14.9. The monoisotopic (exact) mass is 291 g/mol. The summed E-state index contributed by atoms with van der Waals surface area (Å²) < 4.78 is 19.1. The van der Waals surface area contributed by atoms with Crippen LogP contribution in [0.1, 0.15) is 11.1 Å². The van der Waals surface area contributed by atoms with Gasteiger partial charge in [-0.25, -0.2) is 9.37 Å². The molecule has 0 spiro atoms. The van der Waals surface area contributed by atoms with Gasteiger partial charge in [0.1, 0.15) is 0 Å². The molecule has 0 radical (unpaired) electrons. The lowest BCUT2D eigenvalue weighted by atomic mass is 10.2. The molecule has 2 aromatic rings. The molecule has 0 amide bonds. The third-order valence-electron chi connectivity index (χ3n) is 2.80. The smallest absolute Gasteiger partial charge is 0.272 e. The van der Waals surface area contributed by atoms with Gasteiger partial charge in [-0.15, -0.1) is 0 Å². The van der Waals surface area contributed by atoms with Crippen molar-refractivity contribution in [2.24, 2.45) is 0 Å². The van der Waals surface area contributed by atoms with Crippen molar-refractivity contribution >= 4 is 5.69 Å². The zero-order chi connectivity index (χ0) is 15.4. The topological polar surface area (TPSA) is 77.3 Å². The standard InChI is InChI=1S/C14H14FN3O3/c1-9-5-10(7-16-2)8-17-14(9)21-13-4-3-11(18(19)20)6-12(13)15/h3-6,8,16H,7H2,1-2H3. The molecule has 110 valence electrons. The predicted octanol–water partition coefficient (Wildman–Crippen LogP) is 2.95. The summed E-state index contributed by atoms with van der Waals surface area (Å²) in [6, 6.07) is 5.10. The van der Waals surface area contributed by atoms with Gasteiger partial charge < -0.3 is 10.1 Å². The Balaban J connectivity index is 2.24. The van der Waals surface area contributed by atoms with Crippen molar-refractivity contribution in [2.45, 2.75) is 13.5 Å². The fourth-order valence-corrected chi connectivity index (χ4v) is 1.82. The number of hydrogen-bond acceptors (Lipinski definition) is 5. The summed E-state index contributed by atoms with van der Waals surface area (Å²) in [6.07, 6.45) is 1.63. The molecule has 7 heteroatoms. The molecule has 0 saturated carbocycles. The van der Waals surface area contributed by atoms with Crippen molar-refractivity contribution in [2.75, 3.05) is 7.05 Å². The molecule has 1 aromatic carbocycles. The zero-order valence-corrected chi connectivity index (χ0v) is 11.6. The normalized spacial score (nSPS) is 10.4. The van der Waals surface area contributed by atoms with E-state index in [2.05, 4.69) is 10.3 Å². The van der Waals surface area contributed by atoms with Crippen LogP contribution in [-0.4, -0.2) is 17.0 Å². The van der Waals surface area contributed by atoms with Gasteiger partial charge in [0.2, 0.25) is 5.88 Å². The Kier molecular flexibility index (Phi) is 4.44. The van der Waals surface area contributed by atoms with Crippen LogP contribution in [0.25, 0.3) is 0 Å². The molecule has 0 aliphatic rings. The molecule has 2 rings (SSSR count). The quantitative estimate of drug-likeness (QED) is 0.677. The van der Waals surface area contributed by atoms with Crippen LogP contribution in [-0.2, 0) is 6.54 Å². The Morgan fingerprint density at radius 2 is 2.19 bits per heavy atom. The van der Waals surface area contributed by atoms with Crippen LogP contribution < -0.4 is 10.1 Å². The summed E-state index contributed by atoms with van der Waals surface area (Å²) in [7, 11) is 1.83. The Bertz CT molecular complexity index is 677. The molecule has 1 N–H and O–H groups in total.